The first kappa shape index (κ1) is 16.8. The quantitative estimate of drug-likeness (QED) is 0.841. The van der Waals surface area contributed by atoms with E-state index in [1.54, 1.807) is 18.9 Å². The van der Waals surface area contributed by atoms with Crippen LogP contribution < -0.4 is 9.47 Å². The van der Waals surface area contributed by atoms with Gasteiger partial charge in [0.15, 0.2) is 0 Å². The van der Waals surface area contributed by atoms with E-state index in [4.69, 9.17) is 14.2 Å². The number of morpholine rings is 1. The molecule has 3 rings (SSSR count). The molecule has 2 aromatic rings. The van der Waals surface area contributed by atoms with Crippen LogP contribution in [0.3, 0.4) is 0 Å². The van der Waals surface area contributed by atoms with E-state index >= 15 is 0 Å². The lowest BCUT2D eigenvalue weighted by Gasteiger charge is -2.33. The Bertz CT molecular complexity index is 699. The standard InChI is InChI=1S/C18H25N3O3/c1-13-16(18(23-4)20(2)19-13)11-21-8-9-24-17(12-21)14-6-5-7-15(10-14)22-3/h5-7,10,17H,8-9,11-12H2,1-4H3/t17-/m0/s1. The third-order valence-corrected chi connectivity index (χ3v) is 4.48. The molecule has 2 heterocycles. The number of aromatic nitrogens is 2. The summed E-state index contributed by atoms with van der Waals surface area (Å²) in [5.41, 5.74) is 3.30. The maximum Gasteiger partial charge on any atom is 0.216 e. The van der Waals surface area contributed by atoms with E-state index in [-0.39, 0.29) is 6.10 Å². The summed E-state index contributed by atoms with van der Waals surface area (Å²) in [6.45, 7) is 5.29. The molecule has 24 heavy (non-hydrogen) atoms. The van der Waals surface area contributed by atoms with Crippen molar-refractivity contribution in [3.8, 4) is 11.6 Å². The lowest BCUT2D eigenvalue weighted by Crippen LogP contribution is -2.38. The van der Waals surface area contributed by atoms with Crippen LogP contribution in [0.4, 0.5) is 0 Å². The largest absolute Gasteiger partial charge is 0.497 e. The second kappa shape index (κ2) is 7.23. The Balaban J connectivity index is 1.74. The average molecular weight is 331 g/mol. The Morgan fingerprint density at radius 1 is 1.29 bits per heavy atom. The molecule has 1 aromatic heterocycles. The number of aryl methyl sites for hydroxylation is 2. The topological polar surface area (TPSA) is 48.8 Å². The van der Waals surface area contributed by atoms with Crippen LogP contribution in [0, 0.1) is 6.92 Å². The monoisotopic (exact) mass is 331 g/mol. The van der Waals surface area contributed by atoms with Crippen LogP contribution >= 0.6 is 0 Å². The van der Waals surface area contributed by atoms with Crippen LogP contribution in [0.1, 0.15) is 22.9 Å². The minimum absolute atomic E-state index is 0.0526. The van der Waals surface area contributed by atoms with Gasteiger partial charge in [-0.15, -0.1) is 0 Å². The highest BCUT2D eigenvalue weighted by Crippen LogP contribution is 2.28. The highest BCUT2D eigenvalue weighted by Gasteiger charge is 2.25. The zero-order chi connectivity index (χ0) is 17.1. The van der Waals surface area contributed by atoms with E-state index in [1.165, 1.54) is 0 Å². The molecule has 1 aliphatic rings. The highest BCUT2D eigenvalue weighted by atomic mass is 16.5. The summed E-state index contributed by atoms with van der Waals surface area (Å²) in [4.78, 5) is 2.39. The van der Waals surface area contributed by atoms with Gasteiger partial charge in [-0.2, -0.15) is 5.10 Å². The number of nitrogens with zero attached hydrogens (tertiary/aromatic N) is 3. The fourth-order valence-corrected chi connectivity index (χ4v) is 3.23. The molecule has 130 valence electrons. The molecule has 1 saturated heterocycles. The molecule has 1 fully saturated rings. The molecule has 1 aliphatic heterocycles. The Morgan fingerprint density at radius 3 is 2.88 bits per heavy atom. The van der Waals surface area contributed by atoms with Gasteiger partial charge >= 0.3 is 0 Å². The van der Waals surface area contributed by atoms with Crippen molar-refractivity contribution in [1.29, 1.82) is 0 Å². The third-order valence-electron chi connectivity index (χ3n) is 4.48. The maximum atomic E-state index is 5.97. The van der Waals surface area contributed by atoms with E-state index in [0.29, 0.717) is 6.61 Å². The first-order valence-electron chi connectivity index (χ1n) is 8.16. The van der Waals surface area contributed by atoms with Crippen LogP contribution in [0.2, 0.25) is 0 Å². The van der Waals surface area contributed by atoms with Gasteiger partial charge in [-0.3, -0.25) is 4.90 Å². The molecule has 6 heteroatoms. The van der Waals surface area contributed by atoms with E-state index in [1.807, 2.05) is 32.2 Å². The van der Waals surface area contributed by atoms with E-state index in [2.05, 4.69) is 16.1 Å². The first-order chi connectivity index (χ1) is 11.6. The first-order valence-corrected chi connectivity index (χ1v) is 8.16. The Kier molecular flexibility index (Phi) is 5.06. The molecule has 0 saturated carbocycles. The van der Waals surface area contributed by atoms with Gasteiger partial charge in [0.25, 0.3) is 0 Å². The molecule has 0 spiro atoms. The lowest BCUT2D eigenvalue weighted by atomic mass is 10.1. The third kappa shape index (κ3) is 3.39. The van der Waals surface area contributed by atoms with Crippen LogP contribution in [-0.4, -0.2) is 48.6 Å². The van der Waals surface area contributed by atoms with Crippen LogP contribution in [0.15, 0.2) is 24.3 Å². The molecule has 0 radical (unpaired) electrons. The molecule has 1 aromatic carbocycles. The van der Waals surface area contributed by atoms with E-state index in [0.717, 1.165) is 48.1 Å². The molecule has 0 amide bonds. The van der Waals surface area contributed by atoms with Crippen molar-refractivity contribution in [2.24, 2.45) is 7.05 Å². The molecule has 0 N–H and O–H groups in total. The van der Waals surface area contributed by atoms with Gasteiger partial charge in [0.1, 0.15) is 5.75 Å². The molecule has 6 nitrogen and oxygen atoms in total. The molecular formula is C18H25N3O3. The van der Waals surface area contributed by atoms with Crippen LogP contribution in [-0.2, 0) is 18.3 Å². The summed E-state index contributed by atoms with van der Waals surface area (Å²) in [5.74, 6) is 1.69. The Hall–Kier alpha value is -2.05. The molecule has 0 unspecified atom stereocenters. The van der Waals surface area contributed by atoms with Crippen LogP contribution in [0.25, 0.3) is 0 Å². The summed E-state index contributed by atoms with van der Waals surface area (Å²) < 4.78 is 18.6. The number of hydrogen-bond donors (Lipinski definition) is 0. The van der Waals surface area contributed by atoms with Gasteiger partial charge < -0.3 is 14.2 Å². The summed E-state index contributed by atoms with van der Waals surface area (Å²) in [5, 5.41) is 4.46. The summed E-state index contributed by atoms with van der Waals surface area (Å²) in [6.07, 6.45) is 0.0526. The fraction of sp³-hybridized carbons (Fsp3) is 0.500. The minimum Gasteiger partial charge on any atom is -0.497 e. The van der Waals surface area contributed by atoms with Gasteiger partial charge in [-0.1, -0.05) is 12.1 Å². The molecule has 0 bridgehead atoms. The smallest absolute Gasteiger partial charge is 0.216 e. The van der Waals surface area contributed by atoms with Gasteiger partial charge in [0, 0.05) is 26.7 Å². The van der Waals surface area contributed by atoms with Crippen molar-refractivity contribution in [3.63, 3.8) is 0 Å². The van der Waals surface area contributed by atoms with Crippen molar-refractivity contribution < 1.29 is 14.2 Å². The zero-order valence-electron chi connectivity index (χ0n) is 14.8. The number of ether oxygens (including phenoxy) is 3. The number of rotatable bonds is 5. The Morgan fingerprint density at radius 2 is 2.12 bits per heavy atom. The number of methoxy groups -OCH3 is 2. The molecular weight excluding hydrogens is 306 g/mol. The number of hydrogen-bond acceptors (Lipinski definition) is 5. The van der Waals surface area contributed by atoms with Crippen molar-refractivity contribution >= 4 is 0 Å². The minimum atomic E-state index is 0.0526. The van der Waals surface area contributed by atoms with Gasteiger partial charge in [-0.05, 0) is 24.6 Å². The van der Waals surface area contributed by atoms with Crippen molar-refractivity contribution in [1.82, 2.24) is 14.7 Å². The predicted octanol–water partition coefficient (Wildman–Crippen LogP) is 2.32. The molecule has 0 aliphatic carbocycles. The average Bonchev–Trinajstić information content (AvgIpc) is 2.88. The lowest BCUT2D eigenvalue weighted by molar-refractivity contribution is -0.0332. The molecule has 1 atom stereocenters. The Labute approximate surface area is 142 Å². The highest BCUT2D eigenvalue weighted by molar-refractivity contribution is 5.32. The maximum absolute atomic E-state index is 5.97. The summed E-state index contributed by atoms with van der Waals surface area (Å²) in [6, 6.07) is 8.09. The second-order valence-electron chi connectivity index (χ2n) is 6.07. The van der Waals surface area contributed by atoms with Gasteiger partial charge in [-0.25, -0.2) is 4.68 Å². The second-order valence-corrected chi connectivity index (χ2v) is 6.07. The summed E-state index contributed by atoms with van der Waals surface area (Å²) >= 11 is 0. The number of benzene rings is 1. The van der Waals surface area contributed by atoms with Gasteiger partial charge in [0.2, 0.25) is 5.88 Å². The fourth-order valence-electron chi connectivity index (χ4n) is 3.23. The zero-order valence-corrected chi connectivity index (χ0v) is 14.8. The normalized spacial score (nSPS) is 18.6. The van der Waals surface area contributed by atoms with Gasteiger partial charge in [0.05, 0.1) is 38.2 Å². The van der Waals surface area contributed by atoms with Crippen molar-refractivity contribution in [3.05, 3.63) is 41.1 Å². The van der Waals surface area contributed by atoms with Crippen molar-refractivity contribution in [2.45, 2.75) is 19.6 Å². The van der Waals surface area contributed by atoms with E-state index < -0.39 is 0 Å². The van der Waals surface area contributed by atoms with Crippen LogP contribution in [0.5, 0.6) is 11.6 Å². The summed E-state index contributed by atoms with van der Waals surface area (Å²) in [7, 11) is 5.29. The van der Waals surface area contributed by atoms with Crippen molar-refractivity contribution in [2.75, 3.05) is 33.9 Å². The predicted molar refractivity (Wildman–Crippen MR) is 91.5 cm³/mol. The SMILES string of the molecule is COc1cccc([C@@H]2CN(Cc3c(C)nn(C)c3OC)CCO2)c1. The van der Waals surface area contributed by atoms with E-state index in [9.17, 15) is 0 Å².